The van der Waals surface area contributed by atoms with Crippen molar-refractivity contribution >= 4 is 5.91 Å². The maximum absolute atomic E-state index is 12.5. The lowest BCUT2D eigenvalue weighted by Crippen LogP contribution is -2.51. The zero-order valence-electron chi connectivity index (χ0n) is 15.0. The molecule has 4 heteroatoms. The number of piperidine rings is 1. The van der Waals surface area contributed by atoms with Gasteiger partial charge >= 0.3 is 0 Å². The highest BCUT2D eigenvalue weighted by Gasteiger charge is 2.30. The van der Waals surface area contributed by atoms with Crippen molar-refractivity contribution in [2.45, 2.75) is 51.7 Å². The Kier molecular flexibility index (Phi) is 5.90. The van der Waals surface area contributed by atoms with Crippen molar-refractivity contribution in [2.24, 2.45) is 11.8 Å². The van der Waals surface area contributed by atoms with Gasteiger partial charge in [0.2, 0.25) is 5.91 Å². The SMILES string of the molecule is CC1CCNC(C(=O)NC(C)C2CCN(Cc3ccccc3)C2)C1. The molecule has 0 bridgehead atoms. The van der Waals surface area contributed by atoms with Crippen LogP contribution in [0.4, 0.5) is 0 Å². The number of likely N-dealkylation sites (tertiary alicyclic amines) is 1. The molecule has 24 heavy (non-hydrogen) atoms. The standard InChI is InChI=1S/C20H31N3O/c1-15-8-10-21-19(12-15)20(24)22-16(2)18-9-11-23(14-18)13-17-6-4-3-5-7-17/h3-7,15-16,18-19,21H,8-14H2,1-2H3,(H,22,24). The normalized spacial score (nSPS) is 29.3. The van der Waals surface area contributed by atoms with Gasteiger partial charge in [-0.3, -0.25) is 9.69 Å². The molecule has 132 valence electrons. The van der Waals surface area contributed by atoms with Crippen LogP contribution in [0.3, 0.4) is 0 Å². The fourth-order valence-corrected chi connectivity index (χ4v) is 4.01. The number of rotatable bonds is 5. The third kappa shape index (κ3) is 4.58. The number of nitrogens with one attached hydrogen (secondary N) is 2. The van der Waals surface area contributed by atoms with Crippen LogP contribution >= 0.6 is 0 Å². The molecule has 4 nitrogen and oxygen atoms in total. The summed E-state index contributed by atoms with van der Waals surface area (Å²) in [4.78, 5) is 15.0. The first-order valence-corrected chi connectivity index (χ1v) is 9.42. The van der Waals surface area contributed by atoms with Gasteiger partial charge < -0.3 is 10.6 Å². The van der Waals surface area contributed by atoms with E-state index in [2.05, 4.69) is 59.7 Å². The lowest BCUT2D eigenvalue weighted by Gasteiger charge is -2.29. The molecule has 0 radical (unpaired) electrons. The molecule has 3 rings (SSSR count). The van der Waals surface area contributed by atoms with Crippen molar-refractivity contribution in [1.29, 1.82) is 0 Å². The molecule has 1 aromatic carbocycles. The van der Waals surface area contributed by atoms with E-state index in [0.29, 0.717) is 11.8 Å². The maximum atomic E-state index is 12.5. The Labute approximate surface area is 146 Å². The van der Waals surface area contributed by atoms with E-state index >= 15 is 0 Å². The molecule has 2 aliphatic heterocycles. The van der Waals surface area contributed by atoms with Crippen molar-refractivity contribution in [2.75, 3.05) is 19.6 Å². The third-order valence-electron chi connectivity index (χ3n) is 5.62. The molecule has 1 aromatic rings. The third-order valence-corrected chi connectivity index (χ3v) is 5.62. The largest absolute Gasteiger partial charge is 0.352 e. The van der Waals surface area contributed by atoms with Gasteiger partial charge in [0.05, 0.1) is 6.04 Å². The molecule has 4 unspecified atom stereocenters. The van der Waals surface area contributed by atoms with Crippen LogP contribution in [-0.4, -0.2) is 42.5 Å². The summed E-state index contributed by atoms with van der Waals surface area (Å²) >= 11 is 0. The van der Waals surface area contributed by atoms with Crippen molar-refractivity contribution in [1.82, 2.24) is 15.5 Å². The highest BCUT2D eigenvalue weighted by Crippen LogP contribution is 2.22. The first-order chi connectivity index (χ1) is 11.6. The second kappa shape index (κ2) is 8.13. The van der Waals surface area contributed by atoms with Crippen LogP contribution in [0.15, 0.2) is 30.3 Å². The molecule has 0 saturated carbocycles. The van der Waals surface area contributed by atoms with Gasteiger partial charge in [0, 0.05) is 19.1 Å². The molecule has 2 N–H and O–H groups in total. The molecular weight excluding hydrogens is 298 g/mol. The molecule has 2 heterocycles. The first kappa shape index (κ1) is 17.4. The van der Waals surface area contributed by atoms with Gasteiger partial charge in [0.15, 0.2) is 0 Å². The van der Waals surface area contributed by atoms with Crippen LogP contribution in [0.5, 0.6) is 0 Å². The van der Waals surface area contributed by atoms with E-state index in [4.69, 9.17) is 0 Å². The summed E-state index contributed by atoms with van der Waals surface area (Å²) in [7, 11) is 0. The van der Waals surface area contributed by atoms with E-state index < -0.39 is 0 Å². The van der Waals surface area contributed by atoms with Gasteiger partial charge in [-0.15, -0.1) is 0 Å². The van der Waals surface area contributed by atoms with Gasteiger partial charge in [-0.25, -0.2) is 0 Å². The maximum Gasteiger partial charge on any atom is 0.237 e. The highest BCUT2D eigenvalue weighted by atomic mass is 16.2. The number of hydrogen-bond acceptors (Lipinski definition) is 3. The van der Waals surface area contributed by atoms with Crippen LogP contribution < -0.4 is 10.6 Å². The summed E-state index contributed by atoms with van der Waals surface area (Å²) in [6, 6.07) is 10.9. The number of carbonyl (C=O) groups is 1. The average Bonchev–Trinajstić information content (AvgIpc) is 3.04. The topological polar surface area (TPSA) is 44.4 Å². The van der Waals surface area contributed by atoms with Crippen LogP contribution in [0.1, 0.15) is 38.7 Å². The monoisotopic (exact) mass is 329 g/mol. The van der Waals surface area contributed by atoms with Crippen molar-refractivity contribution in [3.8, 4) is 0 Å². The Hall–Kier alpha value is -1.39. The zero-order chi connectivity index (χ0) is 16.9. The number of carbonyl (C=O) groups excluding carboxylic acids is 1. The highest BCUT2D eigenvalue weighted by molar-refractivity contribution is 5.82. The van der Waals surface area contributed by atoms with Crippen LogP contribution in [0, 0.1) is 11.8 Å². The van der Waals surface area contributed by atoms with Crippen LogP contribution in [0.2, 0.25) is 0 Å². The second-order valence-corrected chi connectivity index (χ2v) is 7.70. The molecule has 0 aliphatic carbocycles. The Morgan fingerprint density at radius 1 is 1.33 bits per heavy atom. The van der Waals surface area contributed by atoms with Gasteiger partial charge in [0.1, 0.15) is 0 Å². The minimum Gasteiger partial charge on any atom is -0.352 e. The van der Waals surface area contributed by atoms with Gasteiger partial charge in [-0.2, -0.15) is 0 Å². The van der Waals surface area contributed by atoms with Crippen LogP contribution in [0.25, 0.3) is 0 Å². The molecule has 0 aromatic heterocycles. The summed E-state index contributed by atoms with van der Waals surface area (Å²) in [5.41, 5.74) is 1.37. The molecule has 4 atom stereocenters. The van der Waals surface area contributed by atoms with Crippen molar-refractivity contribution in [3.05, 3.63) is 35.9 Å². The van der Waals surface area contributed by atoms with Gasteiger partial charge in [-0.1, -0.05) is 37.3 Å². The predicted molar refractivity (Wildman–Crippen MR) is 97.6 cm³/mol. The summed E-state index contributed by atoms with van der Waals surface area (Å²) in [6.45, 7) is 8.58. The first-order valence-electron chi connectivity index (χ1n) is 9.42. The Morgan fingerprint density at radius 2 is 2.12 bits per heavy atom. The fraction of sp³-hybridized carbons (Fsp3) is 0.650. The Balaban J connectivity index is 1.46. The van der Waals surface area contributed by atoms with Crippen molar-refractivity contribution in [3.63, 3.8) is 0 Å². The molecule has 2 fully saturated rings. The number of nitrogens with zero attached hydrogens (tertiary/aromatic N) is 1. The minimum atomic E-state index is -0.00183. The fourth-order valence-electron chi connectivity index (χ4n) is 4.01. The number of amides is 1. The second-order valence-electron chi connectivity index (χ2n) is 7.70. The quantitative estimate of drug-likeness (QED) is 0.872. The lowest BCUT2D eigenvalue weighted by molar-refractivity contribution is -0.125. The summed E-state index contributed by atoms with van der Waals surface area (Å²) in [5, 5.41) is 6.63. The van der Waals surface area contributed by atoms with E-state index in [1.54, 1.807) is 0 Å². The van der Waals surface area contributed by atoms with E-state index in [0.717, 1.165) is 32.6 Å². The summed E-state index contributed by atoms with van der Waals surface area (Å²) in [5.74, 6) is 1.39. The van der Waals surface area contributed by atoms with Gasteiger partial charge in [0.25, 0.3) is 0 Å². The average molecular weight is 329 g/mol. The molecule has 1 amide bonds. The number of benzene rings is 1. The van der Waals surface area contributed by atoms with Crippen LogP contribution in [-0.2, 0) is 11.3 Å². The smallest absolute Gasteiger partial charge is 0.237 e. The zero-order valence-corrected chi connectivity index (χ0v) is 15.0. The summed E-state index contributed by atoms with van der Waals surface area (Å²) in [6.07, 6.45) is 3.31. The molecule has 0 spiro atoms. The number of hydrogen-bond donors (Lipinski definition) is 2. The lowest BCUT2D eigenvalue weighted by atomic mass is 9.93. The van der Waals surface area contributed by atoms with Gasteiger partial charge in [-0.05, 0) is 56.7 Å². The van der Waals surface area contributed by atoms with E-state index in [-0.39, 0.29) is 18.0 Å². The van der Waals surface area contributed by atoms with Crippen molar-refractivity contribution < 1.29 is 4.79 Å². The summed E-state index contributed by atoms with van der Waals surface area (Å²) < 4.78 is 0. The molecule has 2 saturated heterocycles. The minimum absolute atomic E-state index is 0.00183. The molecule has 2 aliphatic rings. The Bertz CT molecular complexity index is 533. The van der Waals surface area contributed by atoms with E-state index in [1.807, 2.05) is 0 Å². The Morgan fingerprint density at radius 3 is 2.88 bits per heavy atom. The predicted octanol–water partition coefficient (Wildman–Crippen LogP) is 2.40. The molecular formula is C20H31N3O. The van der Waals surface area contributed by atoms with E-state index in [9.17, 15) is 4.79 Å². The van der Waals surface area contributed by atoms with E-state index in [1.165, 1.54) is 18.4 Å².